The third-order valence-electron chi connectivity index (χ3n) is 4.19. The number of hydrogen-bond acceptors (Lipinski definition) is 4. The molecule has 1 N–H and O–H groups in total. The van der Waals surface area contributed by atoms with Crippen LogP contribution in [-0.2, 0) is 11.3 Å². The van der Waals surface area contributed by atoms with E-state index in [0.717, 1.165) is 0 Å². The predicted octanol–water partition coefficient (Wildman–Crippen LogP) is 2.37. The highest BCUT2D eigenvalue weighted by atomic mass is 19.1. The van der Waals surface area contributed by atoms with Gasteiger partial charge < -0.3 is 15.0 Å². The van der Waals surface area contributed by atoms with Crippen LogP contribution in [0.15, 0.2) is 30.5 Å². The van der Waals surface area contributed by atoms with Crippen molar-refractivity contribution in [2.45, 2.75) is 26.4 Å². The quantitative estimate of drug-likeness (QED) is 0.903. The summed E-state index contributed by atoms with van der Waals surface area (Å²) < 4.78 is 21.4. The molecule has 3 rings (SSSR count). The molecule has 0 aliphatic carbocycles. The summed E-state index contributed by atoms with van der Waals surface area (Å²) in [4.78, 5) is 14.1. The molecule has 0 radical (unpaired) electrons. The van der Waals surface area contributed by atoms with Gasteiger partial charge in [0.25, 0.3) is 5.91 Å². The number of benzene rings is 1. The van der Waals surface area contributed by atoms with E-state index in [1.54, 1.807) is 23.0 Å². The summed E-state index contributed by atoms with van der Waals surface area (Å²) >= 11 is 0. The molecule has 1 amide bonds. The molecule has 134 valence electrons. The predicted molar refractivity (Wildman–Crippen MR) is 93.2 cm³/mol. The number of carbonyl (C=O) groups excluding carboxylic acids is 1. The van der Waals surface area contributed by atoms with E-state index in [9.17, 15) is 9.18 Å². The van der Waals surface area contributed by atoms with Gasteiger partial charge in [0, 0.05) is 31.9 Å². The third kappa shape index (κ3) is 4.17. The Morgan fingerprint density at radius 2 is 2.08 bits per heavy atom. The normalized spacial score (nSPS) is 14.8. The summed E-state index contributed by atoms with van der Waals surface area (Å²) in [7, 11) is 0. The molecular weight excluding hydrogens is 323 g/mol. The highest BCUT2D eigenvalue weighted by Gasteiger charge is 2.16. The van der Waals surface area contributed by atoms with E-state index >= 15 is 0 Å². The Morgan fingerprint density at radius 3 is 2.72 bits per heavy atom. The topological polar surface area (TPSA) is 59.4 Å². The fraction of sp³-hybridized carbons (Fsp3) is 0.444. The fourth-order valence-electron chi connectivity index (χ4n) is 2.74. The number of nitrogens with one attached hydrogen (secondary N) is 1. The first kappa shape index (κ1) is 17.4. The Hall–Kier alpha value is -2.41. The lowest BCUT2D eigenvalue weighted by Gasteiger charge is -2.29. The first-order valence-electron chi connectivity index (χ1n) is 8.49. The van der Waals surface area contributed by atoms with Crippen LogP contribution in [0.3, 0.4) is 0 Å². The summed E-state index contributed by atoms with van der Waals surface area (Å²) in [5.41, 5.74) is 1.65. The molecule has 0 atom stereocenters. The minimum atomic E-state index is -0.280. The zero-order valence-corrected chi connectivity index (χ0v) is 14.5. The van der Waals surface area contributed by atoms with E-state index < -0.39 is 0 Å². The van der Waals surface area contributed by atoms with Gasteiger partial charge in [0.05, 0.1) is 18.9 Å². The molecule has 1 saturated heterocycles. The van der Waals surface area contributed by atoms with Crippen molar-refractivity contribution < 1.29 is 13.9 Å². The molecular formula is C18H23FN4O2. The van der Waals surface area contributed by atoms with E-state index in [4.69, 9.17) is 4.74 Å². The Labute approximate surface area is 146 Å². The second-order valence-corrected chi connectivity index (χ2v) is 6.34. The molecule has 1 aromatic carbocycles. The Kier molecular flexibility index (Phi) is 5.33. The van der Waals surface area contributed by atoms with Crippen LogP contribution < -0.4 is 10.2 Å². The van der Waals surface area contributed by atoms with Crippen molar-refractivity contribution in [1.82, 2.24) is 15.1 Å². The van der Waals surface area contributed by atoms with E-state index in [-0.39, 0.29) is 24.3 Å². The summed E-state index contributed by atoms with van der Waals surface area (Å²) in [6, 6.07) is 6.94. The minimum absolute atomic E-state index is 0.198. The highest BCUT2D eigenvalue weighted by molar-refractivity contribution is 5.92. The number of amides is 1. The first-order valence-corrected chi connectivity index (χ1v) is 8.49. The lowest BCUT2D eigenvalue weighted by Crippen LogP contribution is -2.36. The number of halogens is 1. The number of carbonyl (C=O) groups is 1. The summed E-state index contributed by atoms with van der Waals surface area (Å²) in [5.74, 6) is -0.546. The van der Waals surface area contributed by atoms with E-state index in [2.05, 4.69) is 10.4 Å². The van der Waals surface area contributed by atoms with Gasteiger partial charge in [-0.25, -0.2) is 4.39 Å². The molecule has 2 aromatic rings. The summed E-state index contributed by atoms with van der Waals surface area (Å²) in [6.45, 7) is 6.84. The van der Waals surface area contributed by atoms with Crippen LogP contribution in [0, 0.1) is 5.82 Å². The van der Waals surface area contributed by atoms with E-state index in [1.165, 1.54) is 6.07 Å². The molecule has 1 aliphatic rings. The van der Waals surface area contributed by atoms with Gasteiger partial charge in [-0.05, 0) is 37.6 Å². The molecule has 2 heterocycles. The van der Waals surface area contributed by atoms with Crippen molar-refractivity contribution in [3.05, 3.63) is 47.5 Å². The second-order valence-electron chi connectivity index (χ2n) is 6.34. The summed E-state index contributed by atoms with van der Waals surface area (Å²) in [5, 5.41) is 7.01. The van der Waals surface area contributed by atoms with Crippen LogP contribution in [0.5, 0.6) is 0 Å². The molecule has 7 heteroatoms. The van der Waals surface area contributed by atoms with Gasteiger partial charge in [0.2, 0.25) is 0 Å². The smallest absolute Gasteiger partial charge is 0.272 e. The van der Waals surface area contributed by atoms with Crippen molar-refractivity contribution in [1.29, 1.82) is 0 Å². The minimum Gasteiger partial charge on any atom is -0.378 e. The van der Waals surface area contributed by atoms with Crippen molar-refractivity contribution in [3.63, 3.8) is 0 Å². The molecule has 0 bridgehead atoms. The van der Waals surface area contributed by atoms with Gasteiger partial charge >= 0.3 is 0 Å². The number of aromatic nitrogens is 2. The van der Waals surface area contributed by atoms with Gasteiger partial charge in [-0.3, -0.25) is 9.48 Å². The number of anilines is 1. The lowest BCUT2D eigenvalue weighted by atomic mass is 10.1. The second kappa shape index (κ2) is 7.65. The monoisotopic (exact) mass is 346 g/mol. The van der Waals surface area contributed by atoms with Gasteiger partial charge in [0.15, 0.2) is 0 Å². The molecule has 25 heavy (non-hydrogen) atoms. The van der Waals surface area contributed by atoms with Crippen molar-refractivity contribution in [3.8, 4) is 0 Å². The van der Waals surface area contributed by atoms with Crippen LogP contribution in [0.25, 0.3) is 0 Å². The molecule has 1 aliphatic heterocycles. The van der Waals surface area contributed by atoms with E-state index in [0.29, 0.717) is 43.2 Å². The lowest BCUT2D eigenvalue weighted by molar-refractivity contribution is 0.0945. The molecule has 0 saturated carbocycles. The van der Waals surface area contributed by atoms with Crippen molar-refractivity contribution >= 4 is 11.6 Å². The van der Waals surface area contributed by atoms with Crippen molar-refractivity contribution in [2.75, 3.05) is 31.2 Å². The van der Waals surface area contributed by atoms with Crippen LogP contribution in [0.1, 0.15) is 35.9 Å². The molecule has 0 spiro atoms. The standard InChI is InChI=1S/C18H23FN4O2/c1-13(2)23-6-5-16(21-23)18(24)20-12-14-3-4-17(15(19)11-14)22-7-9-25-10-8-22/h3-6,11,13H,7-10,12H2,1-2H3,(H,20,24). The molecule has 0 unspecified atom stereocenters. The zero-order valence-electron chi connectivity index (χ0n) is 14.5. The first-order chi connectivity index (χ1) is 12.0. The van der Waals surface area contributed by atoms with Gasteiger partial charge in [-0.1, -0.05) is 6.07 Å². The highest BCUT2D eigenvalue weighted by Crippen LogP contribution is 2.21. The van der Waals surface area contributed by atoms with Crippen LogP contribution in [-0.4, -0.2) is 42.0 Å². The van der Waals surface area contributed by atoms with E-state index in [1.807, 2.05) is 24.8 Å². The number of rotatable bonds is 5. The van der Waals surface area contributed by atoms with Crippen LogP contribution in [0.2, 0.25) is 0 Å². The maximum Gasteiger partial charge on any atom is 0.272 e. The van der Waals surface area contributed by atoms with Crippen LogP contribution in [0.4, 0.5) is 10.1 Å². The third-order valence-corrected chi connectivity index (χ3v) is 4.19. The largest absolute Gasteiger partial charge is 0.378 e. The zero-order chi connectivity index (χ0) is 17.8. The van der Waals surface area contributed by atoms with Crippen molar-refractivity contribution in [2.24, 2.45) is 0 Å². The average Bonchev–Trinajstić information content (AvgIpc) is 3.11. The number of nitrogens with zero attached hydrogens (tertiary/aromatic N) is 3. The van der Waals surface area contributed by atoms with Gasteiger partial charge in [-0.15, -0.1) is 0 Å². The van der Waals surface area contributed by atoms with Gasteiger partial charge in [0.1, 0.15) is 11.5 Å². The SMILES string of the molecule is CC(C)n1ccc(C(=O)NCc2ccc(N3CCOCC3)c(F)c2)n1. The Balaban J connectivity index is 1.60. The number of morpholine rings is 1. The maximum atomic E-state index is 14.4. The number of hydrogen-bond donors (Lipinski definition) is 1. The molecule has 6 nitrogen and oxygen atoms in total. The maximum absolute atomic E-state index is 14.4. The molecule has 1 fully saturated rings. The fourth-order valence-corrected chi connectivity index (χ4v) is 2.74. The Bertz CT molecular complexity index is 738. The number of ether oxygens (including phenoxy) is 1. The molecule has 1 aromatic heterocycles. The Morgan fingerprint density at radius 1 is 1.32 bits per heavy atom. The van der Waals surface area contributed by atoms with Crippen LogP contribution >= 0.6 is 0 Å². The van der Waals surface area contributed by atoms with Gasteiger partial charge in [-0.2, -0.15) is 5.10 Å². The average molecular weight is 346 g/mol. The summed E-state index contributed by atoms with van der Waals surface area (Å²) in [6.07, 6.45) is 1.77.